The van der Waals surface area contributed by atoms with E-state index in [0.29, 0.717) is 0 Å². The summed E-state index contributed by atoms with van der Waals surface area (Å²) in [4.78, 5) is 3.87. The van der Waals surface area contributed by atoms with Crippen LogP contribution in [0.3, 0.4) is 0 Å². The first-order chi connectivity index (χ1) is 3.97. The van der Waals surface area contributed by atoms with Crippen molar-refractivity contribution in [3.05, 3.63) is 12.7 Å². The highest BCUT2D eigenvalue weighted by atomic mass is 32.1. The number of nitrogens with one attached hydrogen (secondary N) is 2. The van der Waals surface area contributed by atoms with Crippen LogP contribution in [0.4, 0.5) is 0 Å². The Labute approximate surface area is 57.5 Å². The second-order valence-electron chi connectivity index (χ2n) is 1.44. The fourth-order valence-electron chi connectivity index (χ4n) is 0.591. The molecule has 0 spiro atoms. The van der Waals surface area contributed by atoms with Crippen molar-refractivity contribution in [3.63, 3.8) is 0 Å². The van der Waals surface area contributed by atoms with Crippen LogP contribution >= 0.6 is 0 Å². The van der Waals surface area contributed by atoms with Gasteiger partial charge in [0.1, 0.15) is 0 Å². The van der Waals surface area contributed by atoms with Gasteiger partial charge in [0, 0.05) is 0 Å². The van der Waals surface area contributed by atoms with Crippen LogP contribution in [0.15, 0.2) is 12.7 Å². The molecule has 9 heavy (non-hydrogen) atoms. The average molecular weight is 143 g/mol. The molecule has 0 bridgehead atoms. The van der Waals surface area contributed by atoms with E-state index >= 15 is 0 Å². The molecule has 0 saturated heterocycles. The van der Waals surface area contributed by atoms with Crippen LogP contribution in [0.5, 0.6) is 0 Å². The molecule has 0 radical (unpaired) electrons. The largest absolute Gasteiger partial charge is 0.813 e. The van der Waals surface area contributed by atoms with E-state index < -0.39 is 0 Å². The lowest BCUT2D eigenvalue weighted by Gasteiger charge is -1.61. The van der Waals surface area contributed by atoms with Crippen molar-refractivity contribution in [2.45, 2.75) is 0 Å². The zero-order chi connectivity index (χ0) is 5.40. The quantitative estimate of drug-likeness (QED) is 0.271. The molecule has 48 valence electrons. The zero-order valence-corrected chi connectivity index (χ0v) is 5.34. The zero-order valence-electron chi connectivity index (χ0n) is 4.44. The van der Waals surface area contributed by atoms with E-state index in [2.05, 4.69) is 20.3 Å². The topological polar surface area (TPSA) is 61.5 Å². The predicted molar refractivity (Wildman–Crippen MR) is 32.7 cm³/mol. The third kappa shape index (κ3) is 0.765. The second-order valence-corrected chi connectivity index (χ2v) is 1.44. The van der Waals surface area contributed by atoms with Crippen molar-refractivity contribution >= 4 is 19.3 Å². The van der Waals surface area contributed by atoms with Gasteiger partial charge in [0.2, 0.25) is 0 Å². The van der Waals surface area contributed by atoms with Gasteiger partial charge in [-0.3, -0.25) is 0 Å². The van der Waals surface area contributed by atoms with Crippen molar-refractivity contribution in [1.82, 2.24) is 20.3 Å². The summed E-state index contributed by atoms with van der Waals surface area (Å²) in [7, 11) is 0. The van der Waals surface area contributed by atoms with Crippen LogP contribution in [0.25, 0.3) is 5.78 Å². The van der Waals surface area contributed by atoms with Crippen LogP contribution in [-0.4, -0.2) is 20.3 Å². The number of nitrogens with zero attached hydrogens (tertiary/aromatic N) is 3. The molecular weight excluding hydrogens is 138 g/mol. The first kappa shape index (κ1) is 6.09. The summed E-state index contributed by atoms with van der Waals surface area (Å²) in [5.74, 6) is 0.727. The molecular formula is C3H5N5S. The van der Waals surface area contributed by atoms with Crippen molar-refractivity contribution in [1.29, 1.82) is 0 Å². The molecule has 0 saturated carbocycles. The van der Waals surface area contributed by atoms with Crippen LogP contribution in [0.2, 0.25) is 0 Å². The Balaban J connectivity index is 0.000000405. The highest BCUT2D eigenvalue weighted by Gasteiger charge is 1.99. The fourth-order valence-corrected chi connectivity index (χ4v) is 0.591. The minimum Gasteiger partial charge on any atom is -0.813 e. The molecule has 0 aromatic carbocycles. The monoisotopic (exact) mass is 143 g/mol. The van der Waals surface area contributed by atoms with Gasteiger partial charge in [0.25, 0.3) is 6.33 Å². The third-order valence-electron chi connectivity index (χ3n) is 0.950. The summed E-state index contributed by atoms with van der Waals surface area (Å²) in [6, 6.07) is 0. The van der Waals surface area contributed by atoms with Crippen molar-refractivity contribution < 1.29 is 4.52 Å². The highest BCUT2D eigenvalue weighted by Crippen LogP contribution is 1.73. The van der Waals surface area contributed by atoms with Gasteiger partial charge in [-0.15, -0.1) is 9.61 Å². The van der Waals surface area contributed by atoms with Gasteiger partial charge < -0.3 is 13.5 Å². The number of thiol groups is 1. The van der Waals surface area contributed by atoms with Gasteiger partial charge in [0.15, 0.2) is 6.33 Å². The first-order valence-corrected chi connectivity index (χ1v) is 2.21. The Morgan fingerprint density at radius 1 is 1.56 bits per heavy atom. The molecule has 0 amide bonds. The number of hydrogen-bond acceptors (Lipinski definition) is 3. The van der Waals surface area contributed by atoms with E-state index in [1.807, 2.05) is 0 Å². The number of hydrogen-bond donors (Lipinski definition) is 2. The molecule has 0 atom stereocenters. The van der Waals surface area contributed by atoms with E-state index in [1.165, 1.54) is 0 Å². The third-order valence-corrected chi connectivity index (χ3v) is 0.950. The van der Waals surface area contributed by atoms with E-state index in [-0.39, 0.29) is 13.5 Å². The van der Waals surface area contributed by atoms with E-state index in [1.54, 1.807) is 17.2 Å². The van der Waals surface area contributed by atoms with Crippen molar-refractivity contribution in [2.75, 3.05) is 0 Å². The van der Waals surface area contributed by atoms with Gasteiger partial charge in [-0.2, -0.15) is 0 Å². The van der Waals surface area contributed by atoms with Gasteiger partial charge >= 0.3 is 5.78 Å². The van der Waals surface area contributed by atoms with Crippen LogP contribution in [0.1, 0.15) is 0 Å². The molecule has 2 N–H and O–H groups in total. The lowest BCUT2D eigenvalue weighted by molar-refractivity contribution is -0.577. The minimum absolute atomic E-state index is 0. The van der Waals surface area contributed by atoms with Crippen LogP contribution in [0, 0.1) is 0 Å². The van der Waals surface area contributed by atoms with Crippen LogP contribution in [-0.2, 0) is 13.5 Å². The summed E-state index contributed by atoms with van der Waals surface area (Å²) in [6.45, 7) is 0. The minimum atomic E-state index is 0. The van der Waals surface area contributed by atoms with E-state index in [9.17, 15) is 0 Å². The first-order valence-electron chi connectivity index (χ1n) is 2.21. The van der Waals surface area contributed by atoms with Crippen molar-refractivity contribution in [2.24, 2.45) is 0 Å². The van der Waals surface area contributed by atoms with Gasteiger partial charge in [-0.05, 0) is 5.10 Å². The number of aromatic nitrogens is 5. The SMILES string of the molecule is [SH-].c1nc2[nH]nc[n+]2[nH]1. The molecule has 2 aromatic rings. The smallest absolute Gasteiger partial charge is 0.402 e. The lowest BCUT2D eigenvalue weighted by Crippen LogP contribution is -2.18. The Morgan fingerprint density at radius 2 is 2.44 bits per heavy atom. The Morgan fingerprint density at radius 3 is 3.22 bits per heavy atom. The summed E-state index contributed by atoms with van der Waals surface area (Å²) in [5, 5.41) is 9.19. The van der Waals surface area contributed by atoms with Gasteiger partial charge in [-0.1, -0.05) is 4.98 Å². The van der Waals surface area contributed by atoms with Crippen molar-refractivity contribution in [3.8, 4) is 0 Å². The molecule has 0 aliphatic rings. The molecule has 2 rings (SSSR count). The molecule has 2 heterocycles. The number of aromatic amines is 2. The molecule has 2 aromatic heterocycles. The Kier molecular flexibility index (Phi) is 1.39. The molecule has 0 aliphatic heterocycles. The molecule has 0 fully saturated rings. The van der Waals surface area contributed by atoms with Gasteiger partial charge in [0.05, 0.1) is 0 Å². The summed E-state index contributed by atoms with van der Waals surface area (Å²) in [5.41, 5.74) is 0. The highest BCUT2D eigenvalue weighted by molar-refractivity contribution is 7.37. The lowest BCUT2D eigenvalue weighted by atomic mass is 11.1. The predicted octanol–water partition coefficient (Wildman–Crippen LogP) is -1.40. The maximum Gasteiger partial charge on any atom is 0.402 e. The normalized spacial score (nSPS) is 9.33. The maximum absolute atomic E-state index is 3.87. The molecule has 0 unspecified atom stereocenters. The second kappa shape index (κ2) is 2.06. The Bertz CT molecular complexity index is 234. The summed E-state index contributed by atoms with van der Waals surface area (Å²) in [6.07, 6.45) is 3.20. The fraction of sp³-hybridized carbons (Fsp3) is 0. The maximum atomic E-state index is 3.87. The number of rotatable bonds is 0. The summed E-state index contributed by atoms with van der Waals surface area (Å²) < 4.78 is 1.68. The molecule has 0 aliphatic carbocycles. The Hall–Kier alpha value is -1.04. The average Bonchev–Trinajstić information content (AvgIpc) is 2.15. The van der Waals surface area contributed by atoms with Gasteiger partial charge in [-0.25, -0.2) is 5.10 Å². The van der Waals surface area contributed by atoms with E-state index in [4.69, 9.17) is 0 Å². The molecule has 5 nitrogen and oxygen atoms in total. The number of fused-ring (bicyclic) bond motifs is 1. The molecule has 6 heteroatoms. The van der Waals surface area contributed by atoms with E-state index in [0.717, 1.165) is 5.78 Å². The summed E-state index contributed by atoms with van der Waals surface area (Å²) >= 11 is 0. The standard InChI is InChI=1S/C3H3N5.H2S/c1-4-3-7-5-2-8(3)6-1;/h1-2H,(H,4,6,7);1H2. The number of H-pyrrole nitrogens is 2. The van der Waals surface area contributed by atoms with Crippen LogP contribution < -0.4 is 4.52 Å².